The Labute approximate surface area is 180 Å². The van der Waals surface area contributed by atoms with Crippen LogP contribution in [0.4, 0.5) is 5.69 Å². The molecule has 7 nitrogen and oxygen atoms in total. The summed E-state index contributed by atoms with van der Waals surface area (Å²) in [6, 6.07) is 13.8. The van der Waals surface area contributed by atoms with E-state index >= 15 is 0 Å². The molecule has 2 aromatic carbocycles. The van der Waals surface area contributed by atoms with Crippen molar-refractivity contribution in [1.29, 1.82) is 0 Å². The van der Waals surface area contributed by atoms with Gasteiger partial charge in [0, 0.05) is 5.69 Å². The van der Waals surface area contributed by atoms with Crippen LogP contribution in [0.2, 0.25) is 0 Å². The smallest absolute Gasteiger partial charge is 0.264 e. The van der Waals surface area contributed by atoms with Gasteiger partial charge in [-0.3, -0.25) is 14.2 Å². The molecule has 0 bridgehead atoms. The van der Waals surface area contributed by atoms with Crippen LogP contribution in [0.3, 0.4) is 0 Å². The summed E-state index contributed by atoms with van der Waals surface area (Å²) < 4.78 is 2.95. The molecule has 158 valence electrons. The van der Waals surface area contributed by atoms with Gasteiger partial charge in [-0.1, -0.05) is 44.2 Å². The van der Waals surface area contributed by atoms with Crippen molar-refractivity contribution in [3.05, 3.63) is 82.0 Å². The molecule has 0 aliphatic rings. The number of nitrogens with zero attached hydrogens (tertiary/aromatic N) is 4. The van der Waals surface area contributed by atoms with E-state index in [1.165, 1.54) is 22.7 Å². The molecule has 7 heteroatoms. The van der Waals surface area contributed by atoms with Crippen LogP contribution in [-0.2, 0) is 11.3 Å². The van der Waals surface area contributed by atoms with E-state index in [1.807, 2.05) is 56.3 Å². The number of para-hydroxylation sites is 1. The first-order valence-corrected chi connectivity index (χ1v) is 10.2. The van der Waals surface area contributed by atoms with Gasteiger partial charge in [0.25, 0.3) is 5.56 Å². The van der Waals surface area contributed by atoms with E-state index < -0.39 is 0 Å². The standard InChI is InChI=1S/C24H25N5O2/c1-15(2)18-8-10-19(11-9-18)29-23-20(12-26-29)24(31)28(14-25-23)13-21(30)27-22-16(3)6-5-7-17(22)4/h5-12,14-15H,13H2,1-4H3,(H,27,30). The van der Waals surface area contributed by atoms with Crippen molar-refractivity contribution < 1.29 is 4.79 Å². The molecule has 0 atom stereocenters. The number of hydrogen-bond acceptors (Lipinski definition) is 4. The number of rotatable bonds is 5. The molecular weight excluding hydrogens is 390 g/mol. The summed E-state index contributed by atoms with van der Waals surface area (Å²) >= 11 is 0. The zero-order chi connectivity index (χ0) is 22.1. The average Bonchev–Trinajstić information content (AvgIpc) is 3.18. The molecular formula is C24H25N5O2. The fourth-order valence-corrected chi connectivity index (χ4v) is 3.60. The number of hydrogen-bond donors (Lipinski definition) is 1. The van der Waals surface area contributed by atoms with Crippen molar-refractivity contribution in [2.24, 2.45) is 0 Å². The lowest BCUT2D eigenvalue weighted by atomic mass is 10.0. The van der Waals surface area contributed by atoms with Gasteiger partial charge in [0.2, 0.25) is 5.91 Å². The number of aryl methyl sites for hydroxylation is 2. The molecule has 1 N–H and O–H groups in total. The molecule has 1 amide bonds. The van der Waals surface area contributed by atoms with Crippen molar-refractivity contribution in [3.63, 3.8) is 0 Å². The van der Waals surface area contributed by atoms with Crippen LogP contribution < -0.4 is 10.9 Å². The third-order valence-electron chi connectivity index (χ3n) is 5.42. The van der Waals surface area contributed by atoms with Crippen LogP contribution in [0.15, 0.2) is 59.8 Å². The Morgan fingerprint density at radius 3 is 2.39 bits per heavy atom. The number of aromatic nitrogens is 4. The number of anilines is 1. The van der Waals surface area contributed by atoms with Gasteiger partial charge in [-0.05, 0) is 48.6 Å². The molecule has 0 saturated carbocycles. The lowest BCUT2D eigenvalue weighted by Gasteiger charge is -2.12. The summed E-state index contributed by atoms with van der Waals surface area (Å²) in [5.74, 6) is 0.153. The van der Waals surface area contributed by atoms with E-state index in [-0.39, 0.29) is 18.0 Å². The number of fused-ring (bicyclic) bond motifs is 1. The molecule has 0 aliphatic heterocycles. The van der Waals surface area contributed by atoms with Crippen LogP contribution in [0.1, 0.15) is 36.5 Å². The van der Waals surface area contributed by atoms with Crippen LogP contribution in [-0.4, -0.2) is 25.2 Å². The molecule has 0 radical (unpaired) electrons. The van der Waals surface area contributed by atoms with Gasteiger partial charge in [-0.2, -0.15) is 5.10 Å². The Kier molecular flexibility index (Phi) is 5.42. The molecule has 2 heterocycles. The monoisotopic (exact) mass is 415 g/mol. The molecule has 0 unspecified atom stereocenters. The quantitative estimate of drug-likeness (QED) is 0.535. The van der Waals surface area contributed by atoms with E-state index in [9.17, 15) is 9.59 Å². The van der Waals surface area contributed by atoms with Gasteiger partial charge in [-0.25, -0.2) is 9.67 Å². The highest BCUT2D eigenvalue weighted by molar-refractivity contribution is 5.92. The van der Waals surface area contributed by atoms with Crippen molar-refractivity contribution in [3.8, 4) is 5.69 Å². The first-order chi connectivity index (χ1) is 14.8. The third kappa shape index (κ3) is 3.99. The van der Waals surface area contributed by atoms with Gasteiger partial charge in [-0.15, -0.1) is 0 Å². The van der Waals surface area contributed by atoms with E-state index in [1.54, 1.807) is 4.68 Å². The summed E-state index contributed by atoms with van der Waals surface area (Å²) in [7, 11) is 0. The highest BCUT2D eigenvalue weighted by Crippen LogP contribution is 2.20. The summed E-state index contributed by atoms with van der Waals surface area (Å²) in [6.07, 6.45) is 2.90. The van der Waals surface area contributed by atoms with Crippen molar-refractivity contribution >= 4 is 22.6 Å². The number of benzene rings is 2. The Bertz CT molecular complexity index is 1300. The van der Waals surface area contributed by atoms with Crippen molar-refractivity contribution in [1.82, 2.24) is 19.3 Å². The molecule has 31 heavy (non-hydrogen) atoms. The van der Waals surface area contributed by atoms with Crippen LogP contribution >= 0.6 is 0 Å². The molecule has 0 saturated heterocycles. The number of carbonyl (C=O) groups is 1. The van der Waals surface area contributed by atoms with Crippen LogP contribution in [0.5, 0.6) is 0 Å². The lowest BCUT2D eigenvalue weighted by Crippen LogP contribution is -2.28. The zero-order valence-corrected chi connectivity index (χ0v) is 18.1. The van der Waals surface area contributed by atoms with Gasteiger partial charge < -0.3 is 5.32 Å². The second-order valence-corrected chi connectivity index (χ2v) is 8.03. The summed E-state index contributed by atoms with van der Waals surface area (Å²) in [6.45, 7) is 8.02. The summed E-state index contributed by atoms with van der Waals surface area (Å²) in [4.78, 5) is 29.9. The van der Waals surface area contributed by atoms with Gasteiger partial charge >= 0.3 is 0 Å². The average molecular weight is 415 g/mol. The predicted molar refractivity (Wildman–Crippen MR) is 122 cm³/mol. The van der Waals surface area contributed by atoms with E-state index in [2.05, 4.69) is 29.2 Å². The fraction of sp³-hybridized carbons (Fsp3) is 0.250. The first-order valence-electron chi connectivity index (χ1n) is 10.2. The van der Waals surface area contributed by atoms with Gasteiger partial charge in [0.1, 0.15) is 18.3 Å². The fourth-order valence-electron chi connectivity index (χ4n) is 3.60. The molecule has 0 spiro atoms. The topological polar surface area (TPSA) is 81.8 Å². The Balaban J connectivity index is 1.60. The largest absolute Gasteiger partial charge is 0.324 e. The first kappa shape index (κ1) is 20.5. The predicted octanol–water partition coefficient (Wildman–Crippen LogP) is 3.96. The van der Waals surface area contributed by atoms with E-state index in [0.29, 0.717) is 17.0 Å². The van der Waals surface area contributed by atoms with Gasteiger partial charge in [0.05, 0.1) is 11.9 Å². The SMILES string of the molecule is Cc1cccc(C)c1NC(=O)Cn1cnc2c(cnn2-c2ccc(C(C)C)cc2)c1=O. The lowest BCUT2D eigenvalue weighted by molar-refractivity contribution is -0.116. The number of nitrogens with one attached hydrogen (secondary N) is 1. The van der Waals surface area contributed by atoms with Gasteiger partial charge in [0.15, 0.2) is 5.65 Å². The minimum atomic E-state index is -0.299. The maximum Gasteiger partial charge on any atom is 0.264 e. The van der Waals surface area contributed by atoms with E-state index in [0.717, 1.165) is 22.5 Å². The number of amides is 1. The normalized spacial score (nSPS) is 11.3. The summed E-state index contributed by atoms with van der Waals surface area (Å²) in [5.41, 5.74) is 4.94. The minimum Gasteiger partial charge on any atom is -0.324 e. The van der Waals surface area contributed by atoms with Crippen LogP contribution in [0, 0.1) is 13.8 Å². The maximum absolute atomic E-state index is 12.9. The highest BCUT2D eigenvalue weighted by atomic mass is 16.2. The molecule has 0 aliphatic carbocycles. The maximum atomic E-state index is 12.9. The minimum absolute atomic E-state index is 0.121. The Morgan fingerprint density at radius 1 is 1.06 bits per heavy atom. The molecule has 2 aromatic heterocycles. The van der Waals surface area contributed by atoms with Crippen molar-refractivity contribution in [2.45, 2.75) is 40.2 Å². The molecule has 4 aromatic rings. The second-order valence-electron chi connectivity index (χ2n) is 8.03. The van der Waals surface area contributed by atoms with Crippen LogP contribution in [0.25, 0.3) is 16.7 Å². The number of carbonyl (C=O) groups excluding carboxylic acids is 1. The van der Waals surface area contributed by atoms with E-state index in [4.69, 9.17) is 0 Å². The second kappa shape index (κ2) is 8.18. The molecule has 0 fully saturated rings. The molecule has 4 rings (SSSR count). The Morgan fingerprint density at radius 2 is 1.74 bits per heavy atom. The summed E-state index contributed by atoms with van der Waals surface area (Å²) in [5, 5.41) is 7.62. The van der Waals surface area contributed by atoms with Crippen molar-refractivity contribution in [2.75, 3.05) is 5.32 Å². The highest BCUT2D eigenvalue weighted by Gasteiger charge is 2.14. The zero-order valence-electron chi connectivity index (χ0n) is 18.1. The Hall–Kier alpha value is -3.74. The third-order valence-corrected chi connectivity index (χ3v) is 5.42.